The Morgan fingerprint density at radius 1 is 1.46 bits per heavy atom. The van der Waals surface area contributed by atoms with Gasteiger partial charge in [-0.15, -0.1) is 0 Å². The number of nitrogens with zero attached hydrogens (tertiary/aromatic N) is 2. The summed E-state index contributed by atoms with van der Waals surface area (Å²) in [7, 11) is 0. The van der Waals surface area contributed by atoms with Crippen molar-refractivity contribution in [3.05, 3.63) is 29.1 Å². The quantitative estimate of drug-likeness (QED) is 0.558. The van der Waals surface area contributed by atoms with Crippen molar-refractivity contribution in [1.29, 1.82) is 5.26 Å². The SMILES string of the molecule is Cc1cnc(C#CCC#N)c(C)c1. The smallest absolute Gasteiger partial charge is 0.116 e. The molecule has 13 heavy (non-hydrogen) atoms. The number of nitriles is 1. The van der Waals surface area contributed by atoms with Gasteiger partial charge in [-0.25, -0.2) is 4.98 Å². The van der Waals surface area contributed by atoms with Gasteiger partial charge in [-0.3, -0.25) is 0 Å². The van der Waals surface area contributed by atoms with Crippen molar-refractivity contribution in [2.45, 2.75) is 20.3 Å². The molecule has 0 unspecified atom stereocenters. The topological polar surface area (TPSA) is 36.7 Å². The van der Waals surface area contributed by atoms with Crippen molar-refractivity contribution in [2.75, 3.05) is 0 Å². The summed E-state index contributed by atoms with van der Waals surface area (Å²) < 4.78 is 0. The van der Waals surface area contributed by atoms with Crippen molar-refractivity contribution in [3.63, 3.8) is 0 Å². The molecule has 0 atom stereocenters. The largest absolute Gasteiger partial charge is 0.247 e. The lowest BCUT2D eigenvalue weighted by Gasteiger charge is -1.97. The van der Waals surface area contributed by atoms with Gasteiger partial charge < -0.3 is 0 Å². The van der Waals surface area contributed by atoms with Crippen LogP contribution in [0.3, 0.4) is 0 Å². The van der Waals surface area contributed by atoms with E-state index in [0.29, 0.717) is 0 Å². The summed E-state index contributed by atoms with van der Waals surface area (Å²) in [6.07, 6.45) is 2.04. The Hall–Kier alpha value is -1.80. The Morgan fingerprint density at radius 3 is 2.85 bits per heavy atom. The second kappa shape index (κ2) is 4.28. The fourth-order valence-electron chi connectivity index (χ4n) is 1.01. The van der Waals surface area contributed by atoms with Crippen LogP contribution in [-0.4, -0.2) is 4.98 Å². The highest BCUT2D eigenvalue weighted by molar-refractivity contribution is 5.36. The molecule has 1 aromatic heterocycles. The van der Waals surface area contributed by atoms with Crippen LogP contribution < -0.4 is 0 Å². The molecular weight excluding hydrogens is 160 g/mol. The van der Waals surface area contributed by atoms with E-state index in [1.165, 1.54) is 0 Å². The fraction of sp³-hybridized carbons (Fsp3) is 0.273. The lowest BCUT2D eigenvalue weighted by molar-refractivity contribution is 1.19. The molecule has 1 aromatic rings. The molecule has 1 rings (SSSR count). The van der Waals surface area contributed by atoms with Crippen molar-refractivity contribution in [2.24, 2.45) is 0 Å². The van der Waals surface area contributed by atoms with Gasteiger partial charge in [0, 0.05) is 6.20 Å². The molecule has 2 heteroatoms. The molecule has 1 heterocycles. The zero-order valence-corrected chi connectivity index (χ0v) is 7.76. The third-order valence-corrected chi connectivity index (χ3v) is 1.59. The van der Waals surface area contributed by atoms with Gasteiger partial charge in [-0.05, 0) is 30.9 Å². The van der Waals surface area contributed by atoms with Gasteiger partial charge in [0.1, 0.15) is 5.69 Å². The first-order valence-corrected chi connectivity index (χ1v) is 4.03. The van der Waals surface area contributed by atoms with Gasteiger partial charge in [0.25, 0.3) is 0 Å². The molecular formula is C11H10N2. The summed E-state index contributed by atoms with van der Waals surface area (Å²) in [6.45, 7) is 3.96. The Kier molecular flexibility index (Phi) is 3.06. The van der Waals surface area contributed by atoms with E-state index in [9.17, 15) is 0 Å². The molecule has 0 saturated heterocycles. The number of aryl methyl sites for hydroxylation is 2. The first-order chi connectivity index (χ1) is 6.24. The zero-order chi connectivity index (χ0) is 9.68. The Morgan fingerprint density at radius 2 is 2.23 bits per heavy atom. The fourth-order valence-corrected chi connectivity index (χ4v) is 1.01. The molecule has 2 nitrogen and oxygen atoms in total. The second-order valence-electron chi connectivity index (χ2n) is 2.81. The summed E-state index contributed by atoms with van der Waals surface area (Å²) in [6, 6.07) is 4.00. The number of hydrogen-bond acceptors (Lipinski definition) is 2. The van der Waals surface area contributed by atoms with Gasteiger partial charge in [-0.1, -0.05) is 12.0 Å². The first-order valence-electron chi connectivity index (χ1n) is 4.03. The van der Waals surface area contributed by atoms with E-state index in [-0.39, 0.29) is 6.42 Å². The van der Waals surface area contributed by atoms with Gasteiger partial charge in [0.2, 0.25) is 0 Å². The molecule has 0 aromatic carbocycles. The average molecular weight is 170 g/mol. The minimum Gasteiger partial charge on any atom is -0.247 e. The minimum atomic E-state index is 0.259. The van der Waals surface area contributed by atoms with E-state index >= 15 is 0 Å². The molecule has 0 bridgehead atoms. The Balaban J connectivity index is 2.93. The van der Waals surface area contributed by atoms with Crippen LogP contribution in [0.15, 0.2) is 12.3 Å². The van der Waals surface area contributed by atoms with E-state index < -0.39 is 0 Å². The van der Waals surface area contributed by atoms with E-state index in [0.717, 1.165) is 16.8 Å². The number of rotatable bonds is 0. The van der Waals surface area contributed by atoms with Crippen molar-refractivity contribution < 1.29 is 0 Å². The third-order valence-electron chi connectivity index (χ3n) is 1.59. The zero-order valence-electron chi connectivity index (χ0n) is 7.76. The molecule has 0 aliphatic rings. The van der Waals surface area contributed by atoms with Crippen LogP contribution in [0, 0.1) is 37.0 Å². The van der Waals surface area contributed by atoms with E-state index in [2.05, 4.69) is 16.8 Å². The predicted octanol–water partition coefficient (Wildman–Crippen LogP) is 1.96. The molecule has 0 aliphatic carbocycles. The third kappa shape index (κ3) is 2.61. The van der Waals surface area contributed by atoms with E-state index in [1.54, 1.807) is 6.20 Å². The van der Waals surface area contributed by atoms with E-state index in [4.69, 9.17) is 5.26 Å². The van der Waals surface area contributed by atoms with Crippen LogP contribution in [0.5, 0.6) is 0 Å². The maximum Gasteiger partial charge on any atom is 0.116 e. The maximum atomic E-state index is 8.28. The second-order valence-corrected chi connectivity index (χ2v) is 2.81. The molecule has 0 N–H and O–H groups in total. The lowest BCUT2D eigenvalue weighted by Crippen LogP contribution is -1.88. The van der Waals surface area contributed by atoms with Crippen LogP contribution in [0.1, 0.15) is 23.2 Å². The van der Waals surface area contributed by atoms with Crippen LogP contribution in [0.2, 0.25) is 0 Å². The van der Waals surface area contributed by atoms with Crippen molar-refractivity contribution >= 4 is 0 Å². The number of hydrogen-bond donors (Lipinski definition) is 0. The molecule has 64 valence electrons. The van der Waals surface area contributed by atoms with Crippen LogP contribution in [-0.2, 0) is 0 Å². The van der Waals surface area contributed by atoms with Crippen molar-refractivity contribution in [3.8, 4) is 17.9 Å². The normalized spacial score (nSPS) is 8.38. The summed E-state index contributed by atoms with van der Waals surface area (Å²) in [5.41, 5.74) is 2.95. The Bertz CT molecular complexity index is 402. The highest BCUT2D eigenvalue weighted by Crippen LogP contribution is 2.04. The minimum absolute atomic E-state index is 0.259. The maximum absolute atomic E-state index is 8.28. The molecule has 0 aliphatic heterocycles. The standard InChI is InChI=1S/C11H10N2/c1-9-7-10(2)11(13-8-9)5-3-4-6-12/h7-8H,4H2,1-2H3. The number of aromatic nitrogens is 1. The number of pyridine rings is 1. The molecule has 0 fully saturated rings. The van der Waals surface area contributed by atoms with Gasteiger partial charge >= 0.3 is 0 Å². The van der Waals surface area contributed by atoms with E-state index in [1.807, 2.05) is 26.0 Å². The molecule has 0 amide bonds. The highest BCUT2D eigenvalue weighted by atomic mass is 14.7. The van der Waals surface area contributed by atoms with Gasteiger partial charge in [0.15, 0.2) is 0 Å². The van der Waals surface area contributed by atoms with Gasteiger partial charge in [-0.2, -0.15) is 5.26 Å². The summed E-state index contributed by atoms with van der Waals surface area (Å²) in [5, 5.41) is 8.28. The van der Waals surface area contributed by atoms with Crippen LogP contribution in [0.25, 0.3) is 0 Å². The molecule has 0 spiro atoms. The highest BCUT2D eigenvalue weighted by Gasteiger charge is 1.94. The predicted molar refractivity (Wildman–Crippen MR) is 50.8 cm³/mol. The molecule has 0 saturated carbocycles. The Labute approximate surface area is 78.2 Å². The lowest BCUT2D eigenvalue weighted by atomic mass is 10.2. The molecule has 0 radical (unpaired) electrons. The van der Waals surface area contributed by atoms with Crippen molar-refractivity contribution in [1.82, 2.24) is 4.98 Å². The monoisotopic (exact) mass is 170 g/mol. The summed E-state index contributed by atoms with van der Waals surface area (Å²) in [5.74, 6) is 5.60. The first kappa shape index (κ1) is 9.29. The van der Waals surface area contributed by atoms with Crippen LogP contribution >= 0.6 is 0 Å². The average Bonchev–Trinajstić information content (AvgIpc) is 2.09. The van der Waals surface area contributed by atoms with Gasteiger partial charge in [0.05, 0.1) is 12.5 Å². The summed E-state index contributed by atoms with van der Waals surface area (Å²) in [4.78, 5) is 4.17. The van der Waals surface area contributed by atoms with Crippen LogP contribution in [0.4, 0.5) is 0 Å². The summed E-state index contributed by atoms with van der Waals surface area (Å²) >= 11 is 0.